The van der Waals surface area contributed by atoms with Gasteiger partial charge >= 0.3 is 0 Å². The first kappa shape index (κ1) is 10.5. The van der Waals surface area contributed by atoms with Gasteiger partial charge in [0.25, 0.3) is 0 Å². The molecule has 82 valence electrons. The third-order valence-corrected chi connectivity index (χ3v) is 2.57. The quantitative estimate of drug-likeness (QED) is 0.823. The van der Waals surface area contributed by atoms with Crippen molar-refractivity contribution in [3.63, 3.8) is 0 Å². The van der Waals surface area contributed by atoms with Crippen LogP contribution in [0.5, 0.6) is 5.75 Å². The molecule has 0 saturated carbocycles. The molecule has 1 aliphatic heterocycles. The predicted octanol–water partition coefficient (Wildman–Crippen LogP) is 1.87. The van der Waals surface area contributed by atoms with E-state index < -0.39 is 0 Å². The lowest BCUT2D eigenvalue weighted by Gasteiger charge is -2.13. The van der Waals surface area contributed by atoms with Crippen LogP contribution >= 0.6 is 0 Å². The molecule has 1 fully saturated rings. The molecule has 1 aromatic rings. The Kier molecular flexibility index (Phi) is 3.23. The monoisotopic (exact) mass is 207 g/mol. The average Bonchev–Trinajstić information content (AvgIpc) is 2.71. The van der Waals surface area contributed by atoms with Gasteiger partial charge in [0.2, 0.25) is 0 Å². The highest BCUT2D eigenvalue weighted by molar-refractivity contribution is 5.30. The summed E-state index contributed by atoms with van der Waals surface area (Å²) in [6.45, 7) is 3.47. The third-order valence-electron chi connectivity index (χ3n) is 2.57. The molecule has 1 unspecified atom stereocenters. The highest BCUT2D eigenvalue weighted by Gasteiger charge is 2.17. The van der Waals surface area contributed by atoms with Crippen molar-refractivity contribution >= 4 is 0 Å². The second-order valence-electron chi connectivity index (χ2n) is 3.96. The van der Waals surface area contributed by atoms with Crippen molar-refractivity contribution in [3.05, 3.63) is 29.8 Å². The first-order valence-electron chi connectivity index (χ1n) is 5.35. The molecule has 0 amide bonds. The summed E-state index contributed by atoms with van der Waals surface area (Å²) in [6, 6.07) is 8.01. The van der Waals surface area contributed by atoms with Crippen molar-refractivity contribution in [1.29, 1.82) is 0 Å². The second kappa shape index (κ2) is 4.64. The Morgan fingerprint density at radius 3 is 3.07 bits per heavy atom. The van der Waals surface area contributed by atoms with Gasteiger partial charge in [-0.2, -0.15) is 0 Å². The largest absolute Gasteiger partial charge is 0.488 e. The number of nitrogens with two attached hydrogens (primary N) is 1. The molecule has 3 nitrogen and oxygen atoms in total. The number of hydrogen-bond acceptors (Lipinski definition) is 3. The highest BCUT2D eigenvalue weighted by atomic mass is 16.5. The van der Waals surface area contributed by atoms with Crippen LogP contribution in [0.25, 0.3) is 0 Å². The fraction of sp³-hybridized carbons (Fsp3) is 0.500. The molecular weight excluding hydrogens is 190 g/mol. The fourth-order valence-corrected chi connectivity index (χ4v) is 1.67. The molecule has 15 heavy (non-hydrogen) atoms. The smallest absolute Gasteiger partial charge is 0.124 e. The summed E-state index contributed by atoms with van der Waals surface area (Å²) in [4.78, 5) is 0. The molecule has 1 aromatic carbocycles. The summed E-state index contributed by atoms with van der Waals surface area (Å²) >= 11 is 0. The van der Waals surface area contributed by atoms with Crippen LogP contribution in [-0.4, -0.2) is 19.3 Å². The molecule has 1 saturated heterocycles. The first-order valence-corrected chi connectivity index (χ1v) is 5.35. The normalized spacial score (nSPS) is 22.7. The van der Waals surface area contributed by atoms with Crippen molar-refractivity contribution in [1.82, 2.24) is 0 Å². The summed E-state index contributed by atoms with van der Waals surface area (Å²) in [5.74, 6) is 0.889. The Morgan fingerprint density at radius 2 is 2.40 bits per heavy atom. The Morgan fingerprint density at radius 1 is 1.53 bits per heavy atom. The van der Waals surface area contributed by atoms with E-state index in [-0.39, 0.29) is 12.1 Å². The molecular formula is C12H17NO2. The summed E-state index contributed by atoms with van der Waals surface area (Å²) in [7, 11) is 0. The molecule has 2 rings (SSSR count). The number of rotatable bonds is 3. The maximum absolute atomic E-state index is 5.81. The van der Waals surface area contributed by atoms with Gasteiger partial charge in [-0.05, 0) is 24.6 Å². The zero-order valence-electron chi connectivity index (χ0n) is 8.98. The molecule has 0 radical (unpaired) electrons. The van der Waals surface area contributed by atoms with E-state index in [0.717, 1.165) is 24.3 Å². The van der Waals surface area contributed by atoms with Crippen LogP contribution in [0, 0.1) is 0 Å². The van der Waals surface area contributed by atoms with Gasteiger partial charge in [0.1, 0.15) is 11.9 Å². The summed E-state index contributed by atoms with van der Waals surface area (Å²) in [5.41, 5.74) is 6.91. The van der Waals surface area contributed by atoms with Gasteiger partial charge in [-0.1, -0.05) is 12.1 Å². The Labute approximate surface area is 90.2 Å². The molecule has 0 spiro atoms. The van der Waals surface area contributed by atoms with Crippen LogP contribution in [0.15, 0.2) is 24.3 Å². The molecule has 2 N–H and O–H groups in total. The Bertz CT molecular complexity index is 319. The van der Waals surface area contributed by atoms with Crippen molar-refractivity contribution in [2.75, 3.05) is 13.2 Å². The fourth-order valence-electron chi connectivity index (χ4n) is 1.67. The van der Waals surface area contributed by atoms with E-state index in [0.29, 0.717) is 6.61 Å². The first-order chi connectivity index (χ1) is 7.25. The number of benzene rings is 1. The van der Waals surface area contributed by atoms with Crippen LogP contribution in [0.2, 0.25) is 0 Å². The summed E-state index contributed by atoms with van der Waals surface area (Å²) < 4.78 is 11.0. The molecule has 0 bridgehead atoms. The van der Waals surface area contributed by atoms with Crippen LogP contribution in [-0.2, 0) is 4.74 Å². The van der Waals surface area contributed by atoms with Crippen LogP contribution < -0.4 is 10.5 Å². The van der Waals surface area contributed by atoms with E-state index >= 15 is 0 Å². The van der Waals surface area contributed by atoms with E-state index in [2.05, 4.69) is 0 Å². The summed E-state index contributed by atoms with van der Waals surface area (Å²) in [5, 5.41) is 0. The van der Waals surface area contributed by atoms with Crippen LogP contribution in [0.4, 0.5) is 0 Å². The van der Waals surface area contributed by atoms with Crippen molar-refractivity contribution in [2.45, 2.75) is 25.5 Å². The molecule has 0 aliphatic carbocycles. The van der Waals surface area contributed by atoms with E-state index in [1.165, 1.54) is 0 Å². The number of hydrogen-bond donors (Lipinski definition) is 1. The maximum atomic E-state index is 5.81. The summed E-state index contributed by atoms with van der Waals surface area (Å²) in [6.07, 6.45) is 1.18. The van der Waals surface area contributed by atoms with Crippen molar-refractivity contribution < 1.29 is 9.47 Å². The Balaban J connectivity index is 2.04. The lowest BCUT2D eigenvalue weighted by atomic mass is 10.1. The zero-order chi connectivity index (χ0) is 10.7. The lowest BCUT2D eigenvalue weighted by molar-refractivity contribution is 0.141. The van der Waals surface area contributed by atoms with Crippen molar-refractivity contribution in [3.8, 4) is 5.75 Å². The van der Waals surface area contributed by atoms with Gasteiger partial charge in [-0.25, -0.2) is 0 Å². The van der Waals surface area contributed by atoms with Gasteiger partial charge < -0.3 is 15.2 Å². The molecule has 3 heteroatoms. The zero-order valence-corrected chi connectivity index (χ0v) is 8.98. The lowest BCUT2D eigenvalue weighted by Crippen LogP contribution is -2.16. The predicted molar refractivity (Wildman–Crippen MR) is 58.9 cm³/mol. The third kappa shape index (κ3) is 2.70. The SMILES string of the molecule is C[C@H](N)c1cccc(OC2CCOC2)c1. The molecule has 1 aliphatic rings. The van der Waals surface area contributed by atoms with Crippen LogP contribution in [0.3, 0.4) is 0 Å². The molecule has 0 aromatic heterocycles. The van der Waals surface area contributed by atoms with Gasteiger partial charge in [-0.3, -0.25) is 0 Å². The minimum absolute atomic E-state index is 0.0494. The van der Waals surface area contributed by atoms with Gasteiger partial charge in [0, 0.05) is 12.5 Å². The number of ether oxygens (including phenoxy) is 2. The average molecular weight is 207 g/mol. The van der Waals surface area contributed by atoms with E-state index in [9.17, 15) is 0 Å². The molecule has 2 atom stereocenters. The highest BCUT2D eigenvalue weighted by Crippen LogP contribution is 2.20. The standard InChI is InChI=1S/C12H17NO2/c1-9(13)10-3-2-4-11(7-10)15-12-5-6-14-8-12/h2-4,7,9,12H,5-6,8,13H2,1H3/t9-,12?/m0/s1. The van der Waals surface area contributed by atoms with Gasteiger partial charge in [-0.15, -0.1) is 0 Å². The van der Waals surface area contributed by atoms with E-state index in [1.54, 1.807) is 0 Å². The van der Waals surface area contributed by atoms with Crippen LogP contribution in [0.1, 0.15) is 24.9 Å². The van der Waals surface area contributed by atoms with Crippen molar-refractivity contribution in [2.24, 2.45) is 5.73 Å². The topological polar surface area (TPSA) is 44.5 Å². The van der Waals surface area contributed by atoms with E-state index in [1.807, 2.05) is 31.2 Å². The van der Waals surface area contributed by atoms with Gasteiger partial charge in [0.15, 0.2) is 0 Å². The van der Waals surface area contributed by atoms with E-state index in [4.69, 9.17) is 15.2 Å². The minimum atomic E-state index is 0.0494. The molecule has 1 heterocycles. The maximum Gasteiger partial charge on any atom is 0.124 e. The second-order valence-corrected chi connectivity index (χ2v) is 3.96. The van der Waals surface area contributed by atoms with Gasteiger partial charge in [0.05, 0.1) is 13.2 Å². The minimum Gasteiger partial charge on any atom is -0.488 e. The Hall–Kier alpha value is -1.06.